The maximum Gasteiger partial charge on any atom is 0.255 e. The minimum absolute atomic E-state index is 0.0958. The number of carbonyl (C=O) groups is 2. The lowest BCUT2D eigenvalue weighted by Gasteiger charge is -2.25. The van der Waals surface area contributed by atoms with E-state index in [1.165, 1.54) is 0 Å². The molecular weight excluding hydrogens is 416 g/mol. The Morgan fingerprint density at radius 2 is 1.61 bits per heavy atom. The predicted octanol–water partition coefficient (Wildman–Crippen LogP) is 3.80. The molecule has 1 atom stereocenters. The lowest BCUT2D eigenvalue weighted by Crippen LogP contribution is -2.40. The molecule has 1 heterocycles. The van der Waals surface area contributed by atoms with E-state index in [0.717, 1.165) is 16.7 Å². The quantitative estimate of drug-likeness (QED) is 0.545. The van der Waals surface area contributed by atoms with Gasteiger partial charge in [0.05, 0.1) is 14.2 Å². The van der Waals surface area contributed by atoms with Crippen molar-refractivity contribution >= 4 is 11.8 Å². The van der Waals surface area contributed by atoms with E-state index in [0.29, 0.717) is 43.0 Å². The highest BCUT2D eigenvalue weighted by atomic mass is 16.5. The number of amides is 2. The van der Waals surface area contributed by atoms with Gasteiger partial charge in [0, 0.05) is 18.7 Å². The molecule has 6 heteroatoms. The summed E-state index contributed by atoms with van der Waals surface area (Å²) < 4.78 is 10.6. The summed E-state index contributed by atoms with van der Waals surface area (Å²) in [5.74, 6) is 1.06. The van der Waals surface area contributed by atoms with Crippen molar-refractivity contribution in [3.8, 4) is 11.5 Å². The van der Waals surface area contributed by atoms with E-state index >= 15 is 0 Å². The Morgan fingerprint density at radius 1 is 0.879 bits per heavy atom. The Morgan fingerprint density at radius 3 is 2.36 bits per heavy atom. The fourth-order valence-corrected chi connectivity index (χ4v) is 4.24. The zero-order valence-corrected chi connectivity index (χ0v) is 18.9. The van der Waals surface area contributed by atoms with Crippen LogP contribution in [0.25, 0.3) is 0 Å². The molecule has 3 aromatic carbocycles. The van der Waals surface area contributed by atoms with Crippen molar-refractivity contribution in [2.45, 2.75) is 18.9 Å². The van der Waals surface area contributed by atoms with Crippen LogP contribution >= 0.6 is 0 Å². The zero-order valence-electron chi connectivity index (χ0n) is 18.9. The van der Waals surface area contributed by atoms with Crippen LogP contribution in [0, 0.1) is 0 Å². The van der Waals surface area contributed by atoms with E-state index in [9.17, 15) is 9.59 Å². The highest BCUT2D eigenvalue weighted by Crippen LogP contribution is 2.34. The summed E-state index contributed by atoms with van der Waals surface area (Å²) in [5.41, 5.74) is 3.52. The lowest BCUT2D eigenvalue weighted by molar-refractivity contribution is -0.125. The maximum absolute atomic E-state index is 13.2. The largest absolute Gasteiger partial charge is 0.493 e. The van der Waals surface area contributed by atoms with Crippen molar-refractivity contribution in [3.05, 3.63) is 95.1 Å². The number of nitrogens with one attached hydrogen (secondary N) is 1. The van der Waals surface area contributed by atoms with Crippen LogP contribution in [0.4, 0.5) is 0 Å². The molecule has 1 aliphatic rings. The third kappa shape index (κ3) is 4.85. The molecule has 0 fully saturated rings. The number of fused-ring (bicyclic) bond motifs is 1. The van der Waals surface area contributed by atoms with Gasteiger partial charge >= 0.3 is 0 Å². The molecule has 1 N–H and O–H groups in total. The van der Waals surface area contributed by atoms with E-state index in [-0.39, 0.29) is 11.8 Å². The van der Waals surface area contributed by atoms with Gasteiger partial charge in [-0.1, -0.05) is 54.6 Å². The topological polar surface area (TPSA) is 67.9 Å². The van der Waals surface area contributed by atoms with Gasteiger partial charge in [-0.05, 0) is 47.7 Å². The lowest BCUT2D eigenvalue weighted by atomic mass is 10.0. The first-order valence-electron chi connectivity index (χ1n) is 11.0. The van der Waals surface area contributed by atoms with Crippen LogP contribution in [-0.2, 0) is 17.6 Å². The normalized spacial score (nSPS) is 14.7. The van der Waals surface area contributed by atoms with E-state index in [1.807, 2.05) is 66.7 Å². The van der Waals surface area contributed by atoms with Gasteiger partial charge in [0.15, 0.2) is 11.5 Å². The van der Waals surface area contributed by atoms with Crippen LogP contribution in [-0.4, -0.2) is 44.0 Å². The maximum atomic E-state index is 13.2. The van der Waals surface area contributed by atoms with Crippen molar-refractivity contribution in [1.82, 2.24) is 10.2 Å². The van der Waals surface area contributed by atoms with Crippen molar-refractivity contribution < 1.29 is 19.1 Å². The molecule has 0 aromatic heterocycles. The first-order valence-corrected chi connectivity index (χ1v) is 11.0. The first kappa shape index (κ1) is 22.4. The van der Waals surface area contributed by atoms with Crippen molar-refractivity contribution in [2.24, 2.45) is 0 Å². The van der Waals surface area contributed by atoms with Crippen LogP contribution in [0.5, 0.6) is 11.5 Å². The van der Waals surface area contributed by atoms with E-state index in [1.54, 1.807) is 25.2 Å². The SMILES string of the molecule is COc1ccc(CCNC(=O)[C@@H]2c3ccccc3C(=O)N2CCc2ccccc2)cc1OC. The van der Waals surface area contributed by atoms with Crippen LogP contribution < -0.4 is 14.8 Å². The number of rotatable bonds is 9. The highest BCUT2D eigenvalue weighted by molar-refractivity contribution is 6.04. The molecule has 4 rings (SSSR count). The number of methoxy groups -OCH3 is 2. The van der Waals surface area contributed by atoms with Gasteiger partial charge in [0.1, 0.15) is 6.04 Å². The standard InChI is InChI=1S/C27H28N2O4/c1-32-23-13-12-20(18-24(23)33-2)14-16-28-26(30)25-21-10-6-7-11-22(21)27(31)29(25)17-15-19-8-4-3-5-9-19/h3-13,18,25H,14-17H2,1-2H3,(H,28,30)/t25-/m0/s1. The molecule has 0 saturated carbocycles. The second-order valence-corrected chi connectivity index (χ2v) is 7.95. The second-order valence-electron chi connectivity index (χ2n) is 7.95. The average Bonchev–Trinajstić information content (AvgIpc) is 3.14. The molecule has 0 unspecified atom stereocenters. The summed E-state index contributed by atoms with van der Waals surface area (Å²) in [7, 11) is 3.20. The van der Waals surface area contributed by atoms with Crippen LogP contribution in [0.3, 0.4) is 0 Å². The van der Waals surface area contributed by atoms with Gasteiger partial charge in [-0.25, -0.2) is 0 Å². The number of hydrogen-bond donors (Lipinski definition) is 1. The minimum atomic E-state index is -0.622. The van der Waals surface area contributed by atoms with Crippen LogP contribution in [0.2, 0.25) is 0 Å². The third-order valence-corrected chi connectivity index (χ3v) is 5.95. The highest BCUT2D eigenvalue weighted by Gasteiger charge is 2.40. The minimum Gasteiger partial charge on any atom is -0.493 e. The molecule has 0 aliphatic carbocycles. The Labute approximate surface area is 194 Å². The Balaban J connectivity index is 1.45. The molecule has 3 aromatic rings. The van der Waals surface area contributed by atoms with E-state index in [4.69, 9.17) is 9.47 Å². The Kier molecular flexibility index (Phi) is 6.93. The molecule has 2 amide bonds. The predicted molar refractivity (Wildman–Crippen MR) is 127 cm³/mol. The number of carbonyl (C=O) groups excluding carboxylic acids is 2. The summed E-state index contributed by atoms with van der Waals surface area (Å²) >= 11 is 0. The molecule has 0 saturated heterocycles. The summed E-state index contributed by atoms with van der Waals surface area (Å²) in [5, 5.41) is 3.02. The van der Waals surface area contributed by atoms with Gasteiger partial charge in [-0.2, -0.15) is 0 Å². The number of nitrogens with zero attached hydrogens (tertiary/aromatic N) is 1. The van der Waals surface area contributed by atoms with Crippen molar-refractivity contribution in [1.29, 1.82) is 0 Å². The second kappa shape index (κ2) is 10.2. The number of benzene rings is 3. The summed E-state index contributed by atoms with van der Waals surface area (Å²) in [4.78, 5) is 28.0. The summed E-state index contributed by atoms with van der Waals surface area (Å²) in [6.07, 6.45) is 1.33. The van der Waals surface area contributed by atoms with Crippen molar-refractivity contribution in [2.75, 3.05) is 27.3 Å². The van der Waals surface area contributed by atoms with Gasteiger partial charge in [0.2, 0.25) is 5.91 Å². The third-order valence-electron chi connectivity index (χ3n) is 5.95. The molecule has 0 bridgehead atoms. The van der Waals surface area contributed by atoms with Crippen molar-refractivity contribution in [3.63, 3.8) is 0 Å². The molecular formula is C27H28N2O4. The number of hydrogen-bond acceptors (Lipinski definition) is 4. The zero-order chi connectivity index (χ0) is 23.2. The summed E-state index contributed by atoms with van der Waals surface area (Å²) in [6, 6.07) is 22.5. The molecule has 0 radical (unpaired) electrons. The molecule has 33 heavy (non-hydrogen) atoms. The summed E-state index contributed by atoms with van der Waals surface area (Å²) in [6.45, 7) is 0.930. The van der Waals surface area contributed by atoms with Gasteiger partial charge in [0.25, 0.3) is 5.91 Å². The number of ether oxygens (including phenoxy) is 2. The Bertz CT molecular complexity index is 1130. The fraction of sp³-hybridized carbons (Fsp3) is 0.259. The molecule has 0 spiro atoms. The Hall–Kier alpha value is -3.80. The molecule has 6 nitrogen and oxygen atoms in total. The van der Waals surface area contributed by atoms with E-state index in [2.05, 4.69) is 5.32 Å². The van der Waals surface area contributed by atoms with Gasteiger partial charge < -0.3 is 19.7 Å². The van der Waals surface area contributed by atoms with Crippen LogP contribution in [0.15, 0.2) is 72.8 Å². The van der Waals surface area contributed by atoms with Gasteiger partial charge in [-0.15, -0.1) is 0 Å². The smallest absolute Gasteiger partial charge is 0.255 e. The van der Waals surface area contributed by atoms with E-state index < -0.39 is 6.04 Å². The van der Waals surface area contributed by atoms with Gasteiger partial charge in [-0.3, -0.25) is 9.59 Å². The molecule has 170 valence electrons. The first-order chi connectivity index (χ1) is 16.1. The molecule has 1 aliphatic heterocycles. The average molecular weight is 445 g/mol. The van der Waals surface area contributed by atoms with Crippen LogP contribution in [0.1, 0.15) is 33.1 Å². The monoisotopic (exact) mass is 444 g/mol. The fourth-order valence-electron chi connectivity index (χ4n) is 4.24.